The van der Waals surface area contributed by atoms with Gasteiger partial charge in [0.25, 0.3) is 0 Å². The minimum absolute atomic E-state index is 0.0670. The molecule has 2 aromatic rings. The summed E-state index contributed by atoms with van der Waals surface area (Å²) in [5, 5.41) is 5.94. The Kier molecular flexibility index (Phi) is 3.15. The topological polar surface area (TPSA) is 124 Å². The molecule has 4 N–H and O–H groups in total. The van der Waals surface area contributed by atoms with E-state index in [0.717, 1.165) is 6.42 Å². The van der Waals surface area contributed by atoms with E-state index in [1.165, 1.54) is 0 Å². The predicted octanol–water partition coefficient (Wildman–Crippen LogP) is -0.670. The van der Waals surface area contributed by atoms with E-state index < -0.39 is 0 Å². The highest BCUT2D eigenvalue weighted by molar-refractivity contribution is 5.76. The van der Waals surface area contributed by atoms with Crippen LogP contribution in [0.15, 0.2) is 18.7 Å². The van der Waals surface area contributed by atoms with Crippen molar-refractivity contribution in [3.63, 3.8) is 0 Å². The lowest BCUT2D eigenvalue weighted by atomic mass is 10.1. The molecule has 0 aromatic carbocycles. The Balaban J connectivity index is 1.78. The molecule has 0 aliphatic carbocycles. The Morgan fingerprint density at radius 3 is 3.00 bits per heavy atom. The predicted molar refractivity (Wildman–Crippen MR) is 71.0 cm³/mol. The lowest BCUT2D eigenvalue weighted by Gasteiger charge is -2.23. The number of rotatable bonds is 3. The largest absolute Gasteiger partial charge is 0.368 e. The Bertz CT molecular complexity index is 601. The number of nitrogen functional groups attached to an aromatic ring is 1. The van der Waals surface area contributed by atoms with Crippen molar-refractivity contribution in [3.8, 4) is 5.95 Å². The van der Waals surface area contributed by atoms with Crippen LogP contribution in [-0.2, 0) is 4.79 Å². The number of hydrogen-bond acceptors (Lipinski definition) is 7. The van der Waals surface area contributed by atoms with E-state index >= 15 is 0 Å². The summed E-state index contributed by atoms with van der Waals surface area (Å²) >= 11 is 0. The molecule has 1 saturated heterocycles. The second kappa shape index (κ2) is 5.11. The van der Waals surface area contributed by atoms with Gasteiger partial charge in [0.05, 0.1) is 0 Å². The lowest BCUT2D eigenvalue weighted by Crippen LogP contribution is -2.42. The molecular formula is C11H14N8O. The molecule has 1 atom stereocenters. The number of nitrogens with one attached hydrogen (secondary N) is 2. The number of carbonyl (C=O) groups is 1. The van der Waals surface area contributed by atoms with Crippen LogP contribution < -0.4 is 16.4 Å². The van der Waals surface area contributed by atoms with Gasteiger partial charge in [0, 0.05) is 31.4 Å². The SMILES string of the molecule is Nc1nc(NC2CCC(=O)NC2)nc(-n2ccnc2)n1. The first-order valence-electron chi connectivity index (χ1n) is 6.24. The van der Waals surface area contributed by atoms with Gasteiger partial charge in [0.1, 0.15) is 6.33 Å². The molecular weight excluding hydrogens is 260 g/mol. The van der Waals surface area contributed by atoms with E-state index in [0.29, 0.717) is 24.9 Å². The summed E-state index contributed by atoms with van der Waals surface area (Å²) in [4.78, 5) is 27.4. The molecule has 20 heavy (non-hydrogen) atoms. The first-order chi connectivity index (χ1) is 9.70. The molecule has 0 saturated carbocycles. The van der Waals surface area contributed by atoms with Crippen LogP contribution in [0.4, 0.5) is 11.9 Å². The van der Waals surface area contributed by atoms with Gasteiger partial charge in [0.2, 0.25) is 23.8 Å². The monoisotopic (exact) mass is 274 g/mol. The van der Waals surface area contributed by atoms with Crippen molar-refractivity contribution < 1.29 is 4.79 Å². The summed E-state index contributed by atoms with van der Waals surface area (Å²) in [6.45, 7) is 0.546. The average molecular weight is 274 g/mol. The van der Waals surface area contributed by atoms with Gasteiger partial charge in [-0.3, -0.25) is 9.36 Å². The van der Waals surface area contributed by atoms with Crippen LogP contribution >= 0.6 is 0 Å². The summed E-state index contributed by atoms with van der Waals surface area (Å²) in [5.74, 6) is 0.989. The maximum absolute atomic E-state index is 11.1. The summed E-state index contributed by atoms with van der Waals surface area (Å²) in [6.07, 6.45) is 6.16. The maximum Gasteiger partial charge on any atom is 0.241 e. The van der Waals surface area contributed by atoms with Gasteiger partial charge in [-0.1, -0.05) is 0 Å². The van der Waals surface area contributed by atoms with E-state index in [9.17, 15) is 4.79 Å². The third-order valence-electron chi connectivity index (χ3n) is 2.97. The van der Waals surface area contributed by atoms with Crippen molar-refractivity contribution in [3.05, 3.63) is 18.7 Å². The van der Waals surface area contributed by atoms with Crippen molar-refractivity contribution in [2.24, 2.45) is 0 Å². The zero-order chi connectivity index (χ0) is 13.9. The van der Waals surface area contributed by atoms with Crippen molar-refractivity contribution in [1.82, 2.24) is 29.8 Å². The van der Waals surface area contributed by atoms with Crippen molar-refractivity contribution in [1.29, 1.82) is 0 Å². The number of nitrogens with two attached hydrogens (primary N) is 1. The molecule has 1 aliphatic rings. The number of imidazole rings is 1. The summed E-state index contributed by atoms with van der Waals surface area (Å²) < 4.78 is 1.64. The Hall–Kier alpha value is -2.71. The Morgan fingerprint density at radius 2 is 2.30 bits per heavy atom. The summed E-state index contributed by atoms with van der Waals surface area (Å²) in [6, 6.07) is 0.0881. The van der Waals surface area contributed by atoms with Crippen LogP contribution in [-0.4, -0.2) is 43.0 Å². The van der Waals surface area contributed by atoms with Crippen LogP contribution in [0.25, 0.3) is 5.95 Å². The Morgan fingerprint density at radius 1 is 1.40 bits per heavy atom. The fourth-order valence-electron chi connectivity index (χ4n) is 1.98. The highest BCUT2D eigenvalue weighted by atomic mass is 16.1. The van der Waals surface area contributed by atoms with Gasteiger partial charge in [-0.15, -0.1) is 0 Å². The van der Waals surface area contributed by atoms with Gasteiger partial charge in [-0.2, -0.15) is 15.0 Å². The molecule has 0 spiro atoms. The highest BCUT2D eigenvalue weighted by Crippen LogP contribution is 2.11. The van der Waals surface area contributed by atoms with Crippen LogP contribution in [0, 0.1) is 0 Å². The number of anilines is 2. The fraction of sp³-hybridized carbons (Fsp3) is 0.364. The third kappa shape index (κ3) is 2.66. The van der Waals surface area contributed by atoms with Crippen LogP contribution in [0.5, 0.6) is 0 Å². The van der Waals surface area contributed by atoms with Gasteiger partial charge >= 0.3 is 0 Å². The first-order valence-corrected chi connectivity index (χ1v) is 6.24. The highest BCUT2D eigenvalue weighted by Gasteiger charge is 2.19. The fourth-order valence-corrected chi connectivity index (χ4v) is 1.98. The van der Waals surface area contributed by atoms with Gasteiger partial charge in [-0.05, 0) is 6.42 Å². The minimum Gasteiger partial charge on any atom is -0.368 e. The molecule has 9 nitrogen and oxygen atoms in total. The third-order valence-corrected chi connectivity index (χ3v) is 2.97. The number of aromatic nitrogens is 5. The molecule has 0 radical (unpaired) electrons. The maximum atomic E-state index is 11.1. The molecule has 3 heterocycles. The van der Waals surface area contributed by atoms with Gasteiger partial charge in [-0.25, -0.2) is 4.98 Å². The van der Waals surface area contributed by atoms with Crippen molar-refractivity contribution in [2.75, 3.05) is 17.6 Å². The average Bonchev–Trinajstić information content (AvgIpc) is 2.95. The zero-order valence-electron chi connectivity index (χ0n) is 10.7. The smallest absolute Gasteiger partial charge is 0.241 e. The second-order valence-electron chi connectivity index (χ2n) is 4.47. The first kappa shape index (κ1) is 12.3. The van der Waals surface area contributed by atoms with Crippen LogP contribution in [0.3, 0.4) is 0 Å². The van der Waals surface area contributed by atoms with Gasteiger partial charge in [0.15, 0.2) is 0 Å². The molecule has 104 valence electrons. The molecule has 1 fully saturated rings. The molecule has 1 unspecified atom stereocenters. The van der Waals surface area contributed by atoms with E-state index in [1.807, 2.05) is 0 Å². The van der Waals surface area contributed by atoms with Crippen LogP contribution in [0.1, 0.15) is 12.8 Å². The molecule has 2 aromatic heterocycles. The van der Waals surface area contributed by atoms with E-state index in [1.54, 1.807) is 23.3 Å². The summed E-state index contributed by atoms with van der Waals surface area (Å²) in [7, 11) is 0. The van der Waals surface area contributed by atoms with Crippen molar-refractivity contribution >= 4 is 17.8 Å². The number of carbonyl (C=O) groups excluding carboxylic acids is 1. The number of piperidine rings is 1. The Labute approximate surface area is 114 Å². The second-order valence-corrected chi connectivity index (χ2v) is 4.47. The van der Waals surface area contributed by atoms with E-state index in [4.69, 9.17) is 5.73 Å². The van der Waals surface area contributed by atoms with E-state index in [-0.39, 0.29) is 17.9 Å². The molecule has 3 rings (SSSR count). The van der Waals surface area contributed by atoms with E-state index in [2.05, 4.69) is 30.6 Å². The van der Waals surface area contributed by atoms with Gasteiger partial charge < -0.3 is 16.4 Å². The molecule has 1 amide bonds. The lowest BCUT2D eigenvalue weighted by molar-refractivity contribution is -0.122. The quantitative estimate of drug-likeness (QED) is 0.678. The number of nitrogens with zero attached hydrogens (tertiary/aromatic N) is 5. The normalized spacial score (nSPS) is 18.6. The summed E-state index contributed by atoms with van der Waals surface area (Å²) in [5.41, 5.74) is 5.69. The standard InChI is InChI=1S/C11H14N8O/c12-9-16-10(15-7-1-2-8(20)14-5-7)18-11(17-9)19-4-3-13-6-19/h3-4,6-7H,1-2,5H2,(H,14,20)(H3,12,15,16,17,18). The minimum atomic E-state index is 0.0670. The number of amides is 1. The zero-order valence-corrected chi connectivity index (χ0v) is 10.7. The number of hydrogen-bond donors (Lipinski definition) is 3. The van der Waals surface area contributed by atoms with Crippen LogP contribution in [0.2, 0.25) is 0 Å². The molecule has 9 heteroatoms. The molecule has 0 bridgehead atoms. The van der Waals surface area contributed by atoms with Crippen molar-refractivity contribution in [2.45, 2.75) is 18.9 Å². The molecule has 1 aliphatic heterocycles.